The van der Waals surface area contributed by atoms with E-state index in [0.717, 1.165) is 31.6 Å². The quantitative estimate of drug-likeness (QED) is 0.672. The second-order valence-corrected chi connectivity index (χ2v) is 5.05. The van der Waals surface area contributed by atoms with Crippen LogP contribution in [0.2, 0.25) is 0 Å². The summed E-state index contributed by atoms with van der Waals surface area (Å²) in [6, 6.07) is 6.44. The topological polar surface area (TPSA) is 9.23 Å². The van der Waals surface area contributed by atoms with Gasteiger partial charge in [-0.05, 0) is 30.4 Å². The smallest absolute Gasteiger partial charge is 0.130 e. The first kappa shape index (κ1) is 10.2. The summed E-state index contributed by atoms with van der Waals surface area (Å²) in [5.41, 5.74) is 3.97. The molecule has 1 heterocycles. The number of hydrogen-bond acceptors (Lipinski definition) is 1. The number of alkyl halides is 1. The Hall–Kier alpha value is -0.950. The minimum atomic E-state index is 0.195. The fourth-order valence-electron chi connectivity index (χ4n) is 2.56. The third-order valence-corrected chi connectivity index (χ3v) is 3.71. The van der Waals surface area contributed by atoms with Gasteiger partial charge in [0.1, 0.15) is 5.75 Å². The molecule has 0 fully saturated rings. The Morgan fingerprint density at radius 2 is 2.19 bits per heavy atom. The molecule has 84 valence electrons. The Labute approximate surface area is 101 Å². The summed E-state index contributed by atoms with van der Waals surface area (Å²) in [4.78, 5) is 0. The Kier molecular flexibility index (Phi) is 2.64. The molecule has 0 amide bonds. The molecule has 1 nitrogen and oxygen atoms in total. The Morgan fingerprint density at radius 3 is 3.06 bits per heavy atom. The summed E-state index contributed by atoms with van der Waals surface area (Å²) in [5.74, 6) is 1.10. The molecule has 0 radical (unpaired) electrons. The highest BCUT2D eigenvalue weighted by Crippen LogP contribution is 2.38. The van der Waals surface area contributed by atoms with Crippen LogP contribution in [0.1, 0.15) is 30.4 Å². The van der Waals surface area contributed by atoms with Crippen LogP contribution < -0.4 is 4.74 Å². The summed E-state index contributed by atoms with van der Waals surface area (Å²) in [6.45, 7) is 0.823. The third-order valence-electron chi connectivity index (χ3n) is 3.37. The van der Waals surface area contributed by atoms with E-state index in [4.69, 9.17) is 16.3 Å². The number of ether oxygens (including phenoxy) is 1. The van der Waals surface area contributed by atoms with Gasteiger partial charge in [-0.25, -0.2) is 0 Å². The van der Waals surface area contributed by atoms with Crippen molar-refractivity contribution in [2.24, 2.45) is 0 Å². The highest BCUT2D eigenvalue weighted by molar-refractivity contribution is 6.22. The van der Waals surface area contributed by atoms with Gasteiger partial charge in [-0.15, -0.1) is 11.6 Å². The maximum Gasteiger partial charge on any atom is 0.130 e. The molecule has 1 atom stereocenters. The van der Waals surface area contributed by atoms with E-state index in [-0.39, 0.29) is 5.38 Å². The Balaban J connectivity index is 2.03. The molecule has 1 unspecified atom stereocenters. The van der Waals surface area contributed by atoms with Gasteiger partial charge >= 0.3 is 0 Å². The van der Waals surface area contributed by atoms with Crippen molar-refractivity contribution in [3.05, 3.63) is 35.4 Å². The van der Waals surface area contributed by atoms with E-state index in [2.05, 4.69) is 24.3 Å². The van der Waals surface area contributed by atoms with Gasteiger partial charge in [0.25, 0.3) is 0 Å². The predicted molar refractivity (Wildman–Crippen MR) is 67.1 cm³/mol. The van der Waals surface area contributed by atoms with Gasteiger partial charge in [-0.1, -0.05) is 24.3 Å². The number of allylic oxidation sites excluding steroid dienone is 2. The normalized spacial score (nSPS) is 23.6. The lowest BCUT2D eigenvalue weighted by Crippen LogP contribution is -2.03. The standard InChI is InChI=1S/C14H15ClO/c15-12-5-1-4-11(9-12)13-6-2-3-10-7-8-16-14(10)13/h2-3,6,9,12H,1,4-5,7-8H2. The molecule has 1 aliphatic carbocycles. The monoisotopic (exact) mass is 234 g/mol. The van der Waals surface area contributed by atoms with Crippen molar-refractivity contribution < 1.29 is 4.74 Å². The fourth-order valence-corrected chi connectivity index (χ4v) is 2.87. The second-order valence-electron chi connectivity index (χ2n) is 4.49. The summed E-state index contributed by atoms with van der Waals surface area (Å²) >= 11 is 6.20. The zero-order chi connectivity index (χ0) is 11.0. The van der Waals surface area contributed by atoms with Crippen LogP contribution >= 0.6 is 11.6 Å². The van der Waals surface area contributed by atoms with Gasteiger partial charge in [-0.3, -0.25) is 0 Å². The van der Waals surface area contributed by atoms with Crippen LogP contribution in [-0.4, -0.2) is 12.0 Å². The first-order valence-electron chi connectivity index (χ1n) is 5.94. The maximum atomic E-state index is 6.20. The number of hydrogen-bond donors (Lipinski definition) is 0. The lowest BCUT2D eigenvalue weighted by Gasteiger charge is -2.18. The Morgan fingerprint density at radius 1 is 1.25 bits per heavy atom. The van der Waals surface area contributed by atoms with Gasteiger partial charge in [0.15, 0.2) is 0 Å². The van der Waals surface area contributed by atoms with Crippen LogP contribution in [0.3, 0.4) is 0 Å². The van der Waals surface area contributed by atoms with E-state index in [9.17, 15) is 0 Å². The van der Waals surface area contributed by atoms with Crippen LogP contribution in [0.25, 0.3) is 5.57 Å². The number of halogens is 1. The zero-order valence-corrected chi connectivity index (χ0v) is 9.96. The van der Waals surface area contributed by atoms with Gasteiger partial charge in [0, 0.05) is 12.0 Å². The molecule has 1 aromatic carbocycles. The van der Waals surface area contributed by atoms with Crippen LogP contribution in [-0.2, 0) is 6.42 Å². The number of fused-ring (bicyclic) bond motifs is 1. The number of rotatable bonds is 1. The summed E-state index contributed by atoms with van der Waals surface area (Å²) < 4.78 is 5.73. The summed E-state index contributed by atoms with van der Waals surface area (Å²) in [6.07, 6.45) is 6.65. The molecule has 3 rings (SSSR count). The lowest BCUT2D eigenvalue weighted by molar-refractivity contribution is 0.355. The molecule has 0 spiro atoms. The van der Waals surface area contributed by atoms with E-state index in [1.807, 2.05) is 0 Å². The van der Waals surface area contributed by atoms with Crippen LogP contribution in [0.4, 0.5) is 0 Å². The largest absolute Gasteiger partial charge is 0.492 e. The van der Waals surface area contributed by atoms with Gasteiger partial charge in [-0.2, -0.15) is 0 Å². The average Bonchev–Trinajstić information content (AvgIpc) is 2.76. The van der Waals surface area contributed by atoms with Crippen molar-refractivity contribution in [1.29, 1.82) is 0 Å². The van der Waals surface area contributed by atoms with Crippen molar-refractivity contribution in [1.82, 2.24) is 0 Å². The molecule has 0 bridgehead atoms. The van der Waals surface area contributed by atoms with E-state index in [0.29, 0.717) is 0 Å². The van der Waals surface area contributed by atoms with E-state index >= 15 is 0 Å². The van der Waals surface area contributed by atoms with Crippen molar-refractivity contribution in [2.75, 3.05) is 6.61 Å². The highest BCUT2D eigenvalue weighted by atomic mass is 35.5. The Bertz CT molecular complexity index is 436. The summed E-state index contributed by atoms with van der Waals surface area (Å²) in [5, 5.41) is 0.195. The molecular weight excluding hydrogens is 220 g/mol. The molecule has 0 saturated heterocycles. The number of para-hydroxylation sites is 1. The third kappa shape index (κ3) is 1.73. The van der Waals surface area contributed by atoms with Crippen molar-refractivity contribution in [3.63, 3.8) is 0 Å². The molecule has 0 aromatic heterocycles. The maximum absolute atomic E-state index is 6.20. The first-order valence-corrected chi connectivity index (χ1v) is 6.38. The van der Waals surface area contributed by atoms with Crippen LogP contribution in [0.5, 0.6) is 5.75 Å². The molecular formula is C14H15ClO. The predicted octanol–water partition coefficient (Wildman–Crippen LogP) is 3.80. The van der Waals surface area contributed by atoms with Gasteiger partial charge in [0.2, 0.25) is 0 Å². The van der Waals surface area contributed by atoms with Crippen LogP contribution in [0.15, 0.2) is 24.3 Å². The van der Waals surface area contributed by atoms with E-state index in [1.54, 1.807) is 0 Å². The molecule has 0 N–H and O–H groups in total. The molecule has 2 heteroatoms. The molecule has 16 heavy (non-hydrogen) atoms. The van der Waals surface area contributed by atoms with Crippen molar-refractivity contribution in [3.8, 4) is 5.75 Å². The lowest BCUT2D eigenvalue weighted by atomic mass is 9.92. The fraction of sp³-hybridized carbons (Fsp3) is 0.429. The van der Waals surface area contributed by atoms with Crippen molar-refractivity contribution >= 4 is 17.2 Å². The van der Waals surface area contributed by atoms with Crippen molar-refractivity contribution in [2.45, 2.75) is 31.1 Å². The van der Waals surface area contributed by atoms with E-state index < -0.39 is 0 Å². The summed E-state index contributed by atoms with van der Waals surface area (Å²) in [7, 11) is 0. The first-order chi connectivity index (χ1) is 7.84. The minimum absolute atomic E-state index is 0.195. The average molecular weight is 235 g/mol. The molecule has 1 aliphatic heterocycles. The number of benzene rings is 1. The van der Waals surface area contributed by atoms with Crippen LogP contribution in [0, 0.1) is 0 Å². The zero-order valence-electron chi connectivity index (χ0n) is 9.21. The molecule has 2 aliphatic rings. The second kappa shape index (κ2) is 4.14. The highest BCUT2D eigenvalue weighted by Gasteiger charge is 2.20. The minimum Gasteiger partial charge on any atom is -0.492 e. The van der Waals surface area contributed by atoms with E-state index in [1.165, 1.54) is 23.1 Å². The van der Waals surface area contributed by atoms with Gasteiger partial charge < -0.3 is 4.74 Å². The molecule has 1 aromatic rings. The van der Waals surface area contributed by atoms with Gasteiger partial charge in [0.05, 0.1) is 12.0 Å². The SMILES string of the molecule is ClC1C=C(c2cccc3c2OCC3)CCC1. The molecule has 0 saturated carbocycles.